The molecule has 3 nitrogen and oxygen atoms in total. The largest absolute Gasteiger partial charge is 0.398 e. The Morgan fingerprint density at radius 2 is 1.39 bits per heavy atom. The van der Waals surface area contributed by atoms with Crippen LogP contribution in [-0.2, 0) is 0 Å². The molecule has 1 fully saturated rings. The third-order valence-electron chi connectivity index (χ3n) is 5.92. The molecule has 0 heterocycles. The molecule has 0 bridgehead atoms. The summed E-state index contributed by atoms with van der Waals surface area (Å²) in [5.74, 6) is 1.64. The number of hydrogen-bond donors (Lipinski definition) is 3. The summed E-state index contributed by atoms with van der Waals surface area (Å²) in [6.45, 7) is 2.38. The first kappa shape index (κ1) is 18.6. The highest BCUT2D eigenvalue weighted by atomic mass is 14.9. The standard InChI is InChI=1S/C25H29N3/c1-17-2-4-18(5-3-17)19-6-8-20(9-7-19)21-10-12-24(13-11-21)28-25-15-22(26)14-23(27)16-25/h6-18,28H,2-5,26-27H2,1H3/p+1. The van der Waals surface area contributed by atoms with Crippen LogP contribution in [0.4, 0.5) is 22.7 Å². The summed E-state index contributed by atoms with van der Waals surface area (Å²) in [7, 11) is 0. The van der Waals surface area contributed by atoms with Crippen molar-refractivity contribution in [1.29, 1.82) is 0 Å². The van der Waals surface area contributed by atoms with E-state index in [1.165, 1.54) is 42.4 Å². The third kappa shape index (κ3) is 4.37. The van der Waals surface area contributed by atoms with Crippen LogP contribution in [0.5, 0.6) is 0 Å². The molecule has 1 aliphatic carbocycles. The number of quaternary nitrogens is 1. The van der Waals surface area contributed by atoms with E-state index in [0.29, 0.717) is 0 Å². The Morgan fingerprint density at radius 3 is 2.00 bits per heavy atom. The topological polar surface area (TPSA) is 65.7 Å². The highest BCUT2D eigenvalue weighted by Gasteiger charge is 2.19. The minimum atomic E-state index is 0.721. The number of nitrogen functional groups attached to an aromatic ring is 1. The first-order valence-electron chi connectivity index (χ1n) is 10.3. The van der Waals surface area contributed by atoms with Crippen LogP contribution < -0.4 is 16.8 Å². The number of nitrogens with one attached hydrogen (secondary N) is 1. The summed E-state index contributed by atoms with van der Waals surface area (Å²) in [6.07, 6.45) is 5.40. The Labute approximate surface area is 167 Å². The SMILES string of the molecule is CC1CCC(c2ccc(-c3ccc(Nc4cc(N)cc([NH3+])c4)cc3)cc2)CC1. The lowest BCUT2D eigenvalue weighted by atomic mass is 9.79. The molecule has 28 heavy (non-hydrogen) atoms. The van der Waals surface area contributed by atoms with E-state index in [0.717, 1.165) is 34.6 Å². The van der Waals surface area contributed by atoms with Crippen molar-refractivity contribution in [3.63, 3.8) is 0 Å². The molecule has 0 aromatic heterocycles. The monoisotopic (exact) mass is 372 g/mol. The Morgan fingerprint density at radius 1 is 0.786 bits per heavy atom. The quantitative estimate of drug-likeness (QED) is 0.503. The molecular weight excluding hydrogens is 342 g/mol. The van der Waals surface area contributed by atoms with Crippen molar-refractivity contribution in [2.75, 3.05) is 11.1 Å². The van der Waals surface area contributed by atoms with Crippen LogP contribution >= 0.6 is 0 Å². The fourth-order valence-corrected chi connectivity index (χ4v) is 4.24. The predicted molar refractivity (Wildman–Crippen MR) is 119 cm³/mol. The van der Waals surface area contributed by atoms with Crippen LogP contribution in [-0.4, -0.2) is 0 Å². The molecule has 6 N–H and O–H groups in total. The van der Waals surface area contributed by atoms with Crippen molar-refractivity contribution in [3.05, 3.63) is 72.3 Å². The van der Waals surface area contributed by atoms with Gasteiger partial charge in [0.1, 0.15) is 5.69 Å². The van der Waals surface area contributed by atoms with Crippen LogP contribution in [0.2, 0.25) is 0 Å². The number of anilines is 3. The van der Waals surface area contributed by atoms with Gasteiger partial charge in [0, 0.05) is 29.2 Å². The van der Waals surface area contributed by atoms with Gasteiger partial charge in [-0.05, 0) is 59.6 Å². The van der Waals surface area contributed by atoms with Gasteiger partial charge in [0.25, 0.3) is 0 Å². The molecule has 0 aliphatic heterocycles. The number of rotatable bonds is 4. The van der Waals surface area contributed by atoms with Crippen LogP contribution in [0, 0.1) is 5.92 Å². The lowest BCUT2D eigenvalue weighted by Crippen LogP contribution is -2.40. The van der Waals surface area contributed by atoms with E-state index in [-0.39, 0.29) is 0 Å². The van der Waals surface area contributed by atoms with Gasteiger partial charge in [0.15, 0.2) is 0 Å². The Bertz CT molecular complexity index is 901. The van der Waals surface area contributed by atoms with Gasteiger partial charge < -0.3 is 16.8 Å². The second-order valence-corrected chi connectivity index (χ2v) is 8.24. The van der Waals surface area contributed by atoms with Gasteiger partial charge >= 0.3 is 0 Å². The van der Waals surface area contributed by atoms with Gasteiger partial charge in [-0.25, -0.2) is 0 Å². The molecule has 1 aliphatic rings. The predicted octanol–water partition coefficient (Wildman–Crippen LogP) is 5.85. The van der Waals surface area contributed by atoms with E-state index in [9.17, 15) is 0 Å². The molecule has 144 valence electrons. The van der Waals surface area contributed by atoms with Gasteiger partial charge in [-0.15, -0.1) is 0 Å². The van der Waals surface area contributed by atoms with Gasteiger partial charge in [-0.2, -0.15) is 0 Å². The van der Waals surface area contributed by atoms with Crippen LogP contribution in [0.1, 0.15) is 44.1 Å². The maximum Gasteiger partial charge on any atom is 0.132 e. The highest BCUT2D eigenvalue weighted by molar-refractivity contribution is 5.71. The summed E-state index contributed by atoms with van der Waals surface area (Å²) in [6, 6.07) is 23.5. The van der Waals surface area contributed by atoms with Crippen molar-refractivity contribution in [2.45, 2.75) is 38.5 Å². The van der Waals surface area contributed by atoms with E-state index in [2.05, 4.69) is 66.5 Å². The van der Waals surface area contributed by atoms with Crippen LogP contribution in [0.15, 0.2) is 66.7 Å². The van der Waals surface area contributed by atoms with Crippen molar-refractivity contribution in [3.8, 4) is 11.1 Å². The Hall–Kier alpha value is -2.78. The average Bonchev–Trinajstić information content (AvgIpc) is 2.69. The molecule has 3 aromatic carbocycles. The summed E-state index contributed by atoms with van der Waals surface area (Å²) < 4.78 is 0. The number of benzene rings is 3. The van der Waals surface area contributed by atoms with Gasteiger partial charge in [0.2, 0.25) is 0 Å². The fourth-order valence-electron chi connectivity index (χ4n) is 4.24. The Balaban J connectivity index is 1.45. The fraction of sp³-hybridized carbons (Fsp3) is 0.280. The minimum absolute atomic E-state index is 0.721. The molecule has 4 rings (SSSR count). The summed E-state index contributed by atoms with van der Waals surface area (Å²) in [5, 5.41) is 3.40. The van der Waals surface area contributed by atoms with E-state index < -0.39 is 0 Å². The van der Waals surface area contributed by atoms with E-state index in [1.54, 1.807) is 0 Å². The Kier molecular flexibility index (Phi) is 5.36. The van der Waals surface area contributed by atoms with Crippen molar-refractivity contribution >= 4 is 22.7 Å². The maximum absolute atomic E-state index is 5.91. The van der Waals surface area contributed by atoms with E-state index in [4.69, 9.17) is 5.73 Å². The summed E-state index contributed by atoms with van der Waals surface area (Å²) in [4.78, 5) is 0. The molecule has 3 aromatic rings. The summed E-state index contributed by atoms with van der Waals surface area (Å²) >= 11 is 0. The van der Waals surface area contributed by atoms with Crippen molar-refractivity contribution in [2.24, 2.45) is 5.92 Å². The molecule has 0 unspecified atom stereocenters. The minimum Gasteiger partial charge on any atom is -0.398 e. The highest BCUT2D eigenvalue weighted by Crippen LogP contribution is 2.36. The third-order valence-corrected chi connectivity index (χ3v) is 5.92. The van der Waals surface area contributed by atoms with Gasteiger partial charge in [-0.1, -0.05) is 56.2 Å². The van der Waals surface area contributed by atoms with E-state index in [1.807, 2.05) is 18.2 Å². The van der Waals surface area contributed by atoms with Crippen molar-refractivity contribution < 1.29 is 5.73 Å². The molecule has 0 spiro atoms. The van der Waals surface area contributed by atoms with E-state index >= 15 is 0 Å². The number of nitrogens with two attached hydrogens (primary N) is 1. The smallest absolute Gasteiger partial charge is 0.132 e. The molecule has 1 saturated carbocycles. The zero-order valence-electron chi connectivity index (χ0n) is 16.6. The zero-order chi connectivity index (χ0) is 19.5. The molecule has 0 amide bonds. The molecule has 0 saturated heterocycles. The molecule has 0 atom stereocenters. The van der Waals surface area contributed by atoms with Gasteiger partial charge in [-0.3, -0.25) is 0 Å². The molecule has 0 radical (unpaired) electrons. The zero-order valence-corrected chi connectivity index (χ0v) is 16.6. The first-order chi connectivity index (χ1) is 13.6. The lowest BCUT2D eigenvalue weighted by Gasteiger charge is -2.26. The first-order valence-corrected chi connectivity index (χ1v) is 10.3. The second kappa shape index (κ2) is 8.07. The van der Waals surface area contributed by atoms with Crippen LogP contribution in [0.25, 0.3) is 11.1 Å². The van der Waals surface area contributed by atoms with Crippen LogP contribution in [0.3, 0.4) is 0 Å². The van der Waals surface area contributed by atoms with Gasteiger partial charge in [0.05, 0.1) is 0 Å². The maximum atomic E-state index is 5.91. The second-order valence-electron chi connectivity index (χ2n) is 8.24. The lowest BCUT2D eigenvalue weighted by molar-refractivity contribution is -0.254. The average molecular weight is 373 g/mol. The molecular formula is C25H30N3+. The normalized spacial score (nSPS) is 19.4. The summed E-state index contributed by atoms with van der Waals surface area (Å²) in [5.41, 5.74) is 17.5. The molecule has 3 heteroatoms. The number of hydrogen-bond acceptors (Lipinski definition) is 2. The van der Waals surface area contributed by atoms with Crippen molar-refractivity contribution in [1.82, 2.24) is 0 Å².